The van der Waals surface area contributed by atoms with Gasteiger partial charge in [-0.05, 0) is 44.9 Å². The standard InChI is InChI=1S/C14H25NO/c1-13(2,3)10-7-9-8-11(9)15(12(10)16)14(4,5)6/h9-11H,7-8H2,1-6H3. The summed E-state index contributed by atoms with van der Waals surface area (Å²) in [6.07, 6.45) is 2.34. The summed E-state index contributed by atoms with van der Waals surface area (Å²) in [5.41, 5.74) is 0.0918. The summed E-state index contributed by atoms with van der Waals surface area (Å²) in [4.78, 5) is 14.7. The van der Waals surface area contributed by atoms with Crippen LogP contribution in [0.25, 0.3) is 0 Å². The minimum Gasteiger partial charge on any atom is -0.334 e. The van der Waals surface area contributed by atoms with Crippen LogP contribution in [0.5, 0.6) is 0 Å². The molecule has 1 saturated heterocycles. The largest absolute Gasteiger partial charge is 0.334 e. The summed E-state index contributed by atoms with van der Waals surface area (Å²) in [6.45, 7) is 13.1. The van der Waals surface area contributed by atoms with E-state index in [2.05, 4.69) is 46.4 Å². The lowest BCUT2D eigenvalue weighted by molar-refractivity contribution is -0.148. The zero-order chi connectivity index (χ0) is 12.3. The smallest absolute Gasteiger partial charge is 0.226 e. The fourth-order valence-electron chi connectivity index (χ4n) is 3.09. The zero-order valence-corrected chi connectivity index (χ0v) is 11.5. The molecule has 1 aliphatic carbocycles. The first-order valence-electron chi connectivity index (χ1n) is 6.45. The lowest BCUT2D eigenvalue weighted by Gasteiger charge is -2.44. The molecule has 92 valence electrons. The van der Waals surface area contributed by atoms with Gasteiger partial charge < -0.3 is 4.90 Å². The number of likely N-dealkylation sites (tertiary alicyclic amines) is 1. The molecule has 1 amide bonds. The molecule has 2 nitrogen and oxygen atoms in total. The highest BCUT2D eigenvalue weighted by molar-refractivity contribution is 5.82. The van der Waals surface area contributed by atoms with Gasteiger partial charge in [-0.1, -0.05) is 20.8 Å². The predicted molar refractivity (Wildman–Crippen MR) is 66.1 cm³/mol. The maximum atomic E-state index is 12.6. The van der Waals surface area contributed by atoms with Crippen molar-refractivity contribution in [2.45, 2.75) is 66.0 Å². The second-order valence-corrected chi connectivity index (χ2v) is 7.60. The quantitative estimate of drug-likeness (QED) is 0.618. The van der Waals surface area contributed by atoms with Gasteiger partial charge in [0.15, 0.2) is 0 Å². The van der Waals surface area contributed by atoms with Gasteiger partial charge in [0.2, 0.25) is 5.91 Å². The molecule has 0 aromatic heterocycles. The van der Waals surface area contributed by atoms with Gasteiger partial charge in [0, 0.05) is 17.5 Å². The highest BCUT2D eigenvalue weighted by atomic mass is 16.2. The Labute approximate surface area is 99.4 Å². The molecule has 3 unspecified atom stereocenters. The zero-order valence-electron chi connectivity index (χ0n) is 11.5. The van der Waals surface area contributed by atoms with Gasteiger partial charge >= 0.3 is 0 Å². The lowest BCUT2D eigenvalue weighted by atomic mass is 9.74. The Morgan fingerprint density at radius 2 is 1.62 bits per heavy atom. The van der Waals surface area contributed by atoms with Crippen LogP contribution in [0.1, 0.15) is 54.4 Å². The van der Waals surface area contributed by atoms with E-state index >= 15 is 0 Å². The number of carbonyl (C=O) groups excluding carboxylic acids is 1. The average Bonchev–Trinajstić information content (AvgIpc) is 2.75. The van der Waals surface area contributed by atoms with E-state index in [4.69, 9.17) is 0 Å². The molecule has 0 aromatic carbocycles. The molecule has 2 rings (SSSR count). The molecule has 16 heavy (non-hydrogen) atoms. The summed E-state index contributed by atoms with van der Waals surface area (Å²) in [7, 11) is 0. The van der Waals surface area contributed by atoms with Crippen LogP contribution in [0.2, 0.25) is 0 Å². The van der Waals surface area contributed by atoms with Crippen LogP contribution in [0.4, 0.5) is 0 Å². The van der Waals surface area contributed by atoms with Crippen molar-refractivity contribution in [3.05, 3.63) is 0 Å². The normalized spacial score (nSPS) is 35.0. The van der Waals surface area contributed by atoms with E-state index in [0.717, 1.165) is 12.3 Å². The first-order chi connectivity index (χ1) is 7.12. The topological polar surface area (TPSA) is 20.3 Å². The highest BCUT2D eigenvalue weighted by Gasteiger charge is 2.56. The molecule has 0 radical (unpaired) electrons. The van der Waals surface area contributed by atoms with Gasteiger partial charge in [0.05, 0.1) is 0 Å². The first-order valence-corrected chi connectivity index (χ1v) is 6.45. The SMILES string of the molecule is CC(C)(C)C1CC2CC2N(C(C)(C)C)C1=O. The molecule has 0 N–H and O–H groups in total. The number of nitrogens with zero attached hydrogens (tertiary/aromatic N) is 1. The van der Waals surface area contributed by atoms with E-state index < -0.39 is 0 Å². The third-order valence-electron chi connectivity index (χ3n) is 4.06. The van der Waals surface area contributed by atoms with Crippen LogP contribution < -0.4 is 0 Å². The molecule has 1 heterocycles. The molecule has 1 aliphatic heterocycles. The fourth-order valence-corrected chi connectivity index (χ4v) is 3.09. The number of amides is 1. The molecule has 2 aliphatic rings. The molecule has 0 spiro atoms. The third-order valence-corrected chi connectivity index (χ3v) is 4.06. The van der Waals surface area contributed by atoms with E-state index in [-0.39, 0.29) is 16.9 Å². The van der Waals surface area contributed by atoms with Gasteiger partial charge in [-0.25, -0.2) is 0 Å². The number of carbonyl (C=O) groups is 1. The molecule has 0 bridgehead atoms. The van der Waals surface area contributed by atoms with Crippen LogP contribution >= 0.6 is 0 Å². The van der Waals surface area contributed by atoms with Crippen LogP contribution in [0.3, 0.4) is 0 Å². The third kappa shape index (κ3) is 1.87. The fraction of sp³-hybridized carbons (Fsp3) is 0.929. The Morgan fingerprint density at radius 1 is 1.06 bits per heavy atom. The van der Waals surface area contributed by atoms with Crippen LogP contribution in [-0.2, 0) is 4.79 Å². The van der Waals surface area contributed by atoms with Crippen molar-refractivity contribution in [3.8, 4) is 0 Å². The Morgan fingerprint density at radius 3 is 2.06 bits per heavy atom. The summed E-state index contributed by atoms with van der Waals surface area (Å²) in [5, 5.41) is 0. The summed E-state index contributed by atoms with van der Waals surface area (Å²) in [5.74, 6) is 1.38. The Hall–Kier alpha value is -0.530. The number of rotatable bonds is 0. The van der Waals surface area contributed by atoms with Crippen molar-refractivity contribution >= 4 is 5.91 Å². The first kappa shape index (κ1) is 11.9. The van der Waals surface area contributed by atoms with E-state index in [1.165, 1.54) is 6.42 Å². The van der Waals surface area contributed by atoms with Crippen molar-refractivity contribution in [2.24, 2.45) is 17.3 Å². The van der Waals surface area contributed by atoms with E-state index in [9.17, 15) is 4.79 Å². The number of piperidine rings is 1. The molecular formula is C14H25NO. The lowest BCUT2D eigenvalue weighted by Crippen LogP contribution is -2.54. The van der Waals surface area contributed by atoms with E-state index in [1.54, 1.807) is 0 Å². The molecule has 2 fully saturated rings. The van der Waals surface area contributed by atoms with Crippen molar-refractivity contribution in [1.29, 1.82) is 0 Å². The summed E-state index contributed by atoms with van der Waals surface area (Å²) < 4.78 is 0. The predicted octanol–water partition coefficient (Wildman–Crippen LogP) is 3.07. The second-order valence-electron chi connectivity index (χ2n) is 7.60. The Kier molecular flexibility index (Phi) is 2.42. The molecular weight excluding hydrogens is 198 g/mol. The molecule has 0 aromatic rings. The Balaban J connectivity index is 2.25. The van der Waals surface area contributed by atoms with Crippen LogP contribution in [-0.4, -0.2) is 22.4 Å². The van der Waals surface area contributed by atoms with Crippen molar-refractivity contribution in [1.82, 2.24) is 4.90 Å². The van der Waals surface area contributed by atoms with Gasteiger partial charge in [0.25, 0.3) is 0 Å². The van der Waals surface area contributed by atoms with Crippen molar-refractivity contribution < 1.29 is 4.79 Å². The number of hydrogen-bond acceptors (Lipinski definition) is 1. The maximum absolute atomic E-state index is 12.6. The monoisotopic (exact) mass is 223 g/mol. The number of fused-ring (bicyclic) bond motifs is 1. The van der Waals surface area contributed by atoms with E-state index in [1.807, 2.05) is 0 Å². The van der Waals surface area contributed by atoms with Crippen molar-refractivity contribution in [2.75, 3.05) is 0 Å². The van der Waals surface area contributed by atoms with Gasteiger partial charge in [-0.15, -0.1) is 0 Å². The second kappa shape index (κ2) is 3.24. The van der Waals surface area contributed by atoms with E-state index in [0.29, 0.717) is 11.9 Å². The summed E-state index contributed by atoms with van der Waals surface area (Å²) >= 11 is 0. The van der Waals surface area contributed by atoms with Gasteiger partial charge in [-0.3, -0.25) is 4.79 Å². The number of hydrogen-bond donors (Lipinski definition) is 0. The van der Waals surface area contributed by atoms with Crippen LogP contribution in [0.15, 0.2) is 0 Å². The molecule has 1 saturated carbocycles. The minimum atomic E-state index is -0.0135. The minimum absolute atomic E-state index is 0.0135. The molecule has 3 atom stereocenters. The molecule has 2 heteroatoms. The van der Waals surface area contributed by atoms with Crippen LogP contribution in [0, 0.1) is 17.3 Å². The highest BCUT2D eigenvalue weighted by Crippen LogP contribution is 2.51. The average molecular weight is 223 g/mol. The van der Waals surface area contributed by atoms with Gasteiger partial charge in [-0.2, -0.15) is 0 Å². The van der Waals surface area contributed by atoms with Crippen molar-refractivity contribution in [3.63, 3.8) is 0 Å². The summed E-state index contributed by atoms with van der Waals surface area (Å²) in [6, 6.07) is 0.547. The van der Waals surface area contributed by atoms with Gasteiger partial charge in [0.1, 0.15) is 0 Å². The Bertz CT molecular complexity index is 308. The maximum Gasteiger partial charge on any atom is 0.226 e.